The van der Waals surface area contributed by atoms with Crippen molar-refractivity contribution in [3.63, 3.8) is 0 Å². The van der Waals surface area contributed by atoms with Gasteiger partial charge in [-0.25, -0.2) is 13.2 Å². The first-order chi connectivity index (χ1) is 13.3. The minimum atomic E-state index is -3.84. The van der Waals surface area contributed by atoms with Crippen molar-refractivity contribution in [1.82, 2.24) is 10.1 Å². The van der Waals surface area contributed by atoms with Crippen molar-refractivity contribution in [1.29, 1.82) is 0 Å². The van der Waals surface area contributed by atoms with Crippen molar-refractivity contribution >= 4 is 21.7 Å². The zero-order chi connectivity index (χ0) is 20.3. The van der Waals surface area contributed by atoms with Crippen LogP contribution in [0, 0.1) is 13.8 Å². The summed E-state index contributed by atoms with van der Waals surface area (Å²) in [6.07, 6.45) is 0. The second kappa shape index (κ2) is 7.81. The van der Waals surface area contributed by atoms with Crippen LogP contribution in [0.3, 0.4) is 0 Å². The minimum Gasteiger partial charge on any atom is -0.452 e. The van der Waals surface area contributed by atoms with Crippen molar-refractivity contribution in [2.45, 2.75) is 25.3 Å². The van der Waals surface area contributed by atoms with E-state index in [1.807, 2.05) is 19.1 Å². The van der Waals surface area contributed by atoms with E-state index in [9.17, 15) is 13.2 Å². The number of sulfonamides is 1. The fraction of sp³-hybridized carbons (Fsp3) is 0.211. The summed E-state index contributed by atoms with van der Waals surface area (Å²) in [6.45, 7) is 3.37. The highest BCUT2D eigenvalue weighted by molar-refractivity contribution is 7.92. The van der Waals surface area contributed by atoms with E-state index in [0.29, 0.717) is 11.5 Å². The van der Waals surface area contributed by atoms with Crippen LogP contribution < -0.4 is 4.31 Å². The molecule has 3 aromatic rings. The lowest BCUT2D eigenvalue weighted by molar-refractivity contribution is 0.0429. The molecule has 0 atom stereocenters. The summed E-state index contributed by atoms with van der Waals surface area (Å²) in [5, 5.41) is 3.61. The van der Waals surface area contributed by atoms with Crippen molar-refractivity contribution < 1.29 is 22.5 Å². The van der Waals surface area contributed by atoms with E-state index < -0.39 is 16.0 Å². The highest BCUT2D eigenvalue weighted by atomic mass is 32.2. The molecule has 0 saturated carbocycles. The first-order valence-corrected chi connectivity index (χ1v) is 9.83. The number of carbonyl (C=O) groups excluding carboxylic acids is 1. The molecule has 0 radical (unpaired) electrons. The van der Waals surface area contributed by atoms with Gasteiger partial charge in [0.1, 0.15) is 0 Å². The summed E-state index contributed by atoms with van der Waals surface area (Å²) in [5.41, 5.74) is 1.65. The summed E-state index contributed by atoms with van der Waals surface area (Å²) < 4.78 is 37.0. The summed E-state index contributed by atoms with van der Waals surface area (Å²) >= 11 is 0. The Labute approximate surface area is 162 Å². The fourth-order valence-electron chi connectivity index (χ4n) is 2.44. The van der Waals surface area contributed by atoms with Crippen LogP contribution >= 0.6 is 0 Å². The molecule has 0 saturated heterocycles. The van der Waals surface area contributed by atoms with Gasteiger partial charge in [0.25, 0.3) is 15.9 Å². The third-order valence-electron chi connectivity index (χ3n) is 4.02. The Kier molecular flexibility index (Phi) is 5.46. The van der Waals surface area contributed by atoms with Crippen LogP contribution in [0.25, 0.3) is 0 Å². The molecule has 146 valence electrons. The number of hydrogen-bond donors (Lipinski definition) is 0. The van der Waals surface area contributed by atoms with Crippen LogP contribution in [-0.2, 0) is 21.4 Å². The SMILES string of the molecule is Cc1ccc(N(C)S(=O)(=O)c2cccc(C(=O)OCc3nc(C)no3)c2)cc1. The van der Waals surface area contributed by atoms with Gasteiger partial charge in [-0.15, -0.1) is 0 Å². The summed E-state index contributed by atoms with van der Waals surface area (Å²) in [5.74, 6) is -0.0992. The van der Waals surface area contributed by atoms with Gasteiger partial charge in [0.2, 0.25) is 0 Å². The molecule has 0 fully saturated rings. The monoisotopic (exact) mass is 401 g/mol. The van der Waals surface area contributed by atoms with Gasteiger partial charge in [0.05, 0.1) is 16.1 Å². The first-order valence-electron chi connectivity index (χ1n) is 8.39. The first kappa shape index (κ1) is 19.6. The number of esters is 1. The molecule has 0 amide bonds. The van der Waals surface area contributed by atoms with Gasteiger partial charge in [-0.2, -0.15) is 4.98 Å². The van der Waals surface area contributed by atoms with Gasteiger partial charge in [-0.1, -0.05) is 28.9 Å². The molecule has 2 aromatic carbocycles. The van der Waals surface area contributed by atoms with E-state index in [-0.39, 0.29) is 23.0 Å². The molecule has 0 aliphatic rings. The highest BCUT2D eigenvalue weighted by Gasteiger charge is 2.23. The molecule has 1 aromatic heterocycles. The normalized spacial score (nSPS) is 11.2. The van der Waals surface area contributed by atoms with Gasteiger partial charge in [-0.05, 0) is 44.2 Å². The molecule has 0 aliphatic heterocycles. The predicted octanol–water partition coefficient (Wildman–Crippen LogP) is 2.87. The number of anilines is 1. The summed E-state index contributed by atoms with van der Waals surface area (Å²) in [4.78, 5) is 16.2. The lowest BCUT2D eigenvalue weighted by atomic mass is 10.2. The summed E-state index contributed by atoms with van der Waals surface area (Å²) in [7, 11) is -2.38. The van der Waals surface area contributed by atoms with Gasteiger partial charge in [0.15, 0.2) is 12.4 Å². The average Bonchev–Trinajstić information content (AvgIpc) is 3.11. The lowest BCUT2D eigenvalue weighted by Gasteiger charge is -2.20. The Morgan fingerprint density at radius 3 is 2.50 bits per heavy atom. The van der Waals surface area contributed by atoms with Crippen molar-refractivity contribution in [3.05, 3.63) is 71.4 Å². The molecule has 1 heterocycles. The molecule has 0 bridgehead atoms. The van der Waals surface area contributed by atoms with Crippen LogP contribution in [0.5, 0.6) is 0 Å². The maximum atomic E-state index is 12.9. The average molecular weight is 401 g/mol. The van der Waals surface area contributed by atoms with Crippen molar-refractivity contribution in [2.24, 2.45) is 0 Å². The molecule has 0 unspecified atom stereocenters. The van der Waals surface area contributed by atoms with Gasteiger partial charge in [-0.3, -0.25) is 4.31 Å². The molecule has 28 heavy (non-hydrogen) atoms. The Morgan fingerprint density at radius 2 is 1.86 bits per heavy atom. The molecular formula is C19H19N3O5S. The lowest BCUT2D eigenvalue weighted by Crippen LogP contribution is -2.26. The Balaban J connectivity index is 1.79. The highest BCUT2D eigenvalue weighted by Crippen LogP contribution is 2.23. The zero-order valence-electron chi connectivity index (χ0n) is 15.6. The van der Waals surface area contributed by atoms with Gasteiger partial charge >= 0.3 is 5.97 Å². The molecule has 3 rings (SSSR count). The van der Waals surface area contributed by atoms with E-state index in [4.69, 9.17) is 9.26 Å². The van der Waals surface area contributed by atoms with E-state index in [2.05, 4.69) is 10.1 Å². The summed E-state index contributed by atoms with van der Waals surface area (Å²) in [6, 6.07) is 12.8. The third kappa shape index (κ3) is 4.20. The number of hydrogen-bond acceptors (Lipinski definition) is 7. The number of rotatable bonds is 6. The number of carbonyl (C=O) groups is 1. The number of nitrogens with zero attached hydrogens (tertiary/aromatic N) is 3. The van der Waals surface area contributed by atoms with Crippen LogP contribution in [0.1, 0.15) is 27.6 Å². The molecule has 0 spiro atoms. The number of ether oxygens (including phenoxy) is 1. The second-order valence-corrected chi connectivity index (χ2v) is 8.12. The third-order valence-corrected chi connectivity index (χ3v) is 5.80. The number of aryl methyl sites for hydroxylation is 2. The smallest absolute Gasteiger partial charge is 0.338 e. The molecule has 9 heteroatoms. The second-order valence-electron chi connectivity index (χ2n) is 6.15. The van der Waals surface area contributed by atoms with Crippen LogP contribution in [0.2, 0.25) is 0 Å². The molecular weight excluding hydrogens is 382 g/mol. The number of benzene rings is 2. The van der Waals surface area contributed by atoms with Gasteiger partial charge in [0, 0.05) is 7.05 Å². The largest absolute Gasteiger partial charge is 0.452 e. The standard InChI is InChI=1S/C19H19N3O5S/c1-13-7-9-16(10-8-13)22(3)28(24,25)17-6-4-5-15(11-17)19(23)26-12-18-20-14(2)21-27-18/h4-11H,12H2,1-3H3. The van der Waals surface area contributed by atoms with Gasteiger partial charge < -0.3 is 9.26 Å². The fourth-order valence-corrected chi connectivity index (χ4v) is 3.69. The topological polar surface area (TPSA) is 103 Å². The minimum absolute atomic E-state index is 0.0151. The van der Waals surface area contributed by atoms with Crippen molar-refractivity contribution in [2.75, 3.05) is 11.4 Å². The predicted molar refractivity (Wildman–Crippen MR) is 101 cm³/mol. The maximum Gasteiger partial charge on any atom is 0.338 e. The van der Waals surface area contributed by atoms with E-state index >= 15 is 0 Å². The molecule has 0 aliphatic carbocycles. The Bertz CT molecular complexity index is 1090. The van der Waals surface area contributed by atoms with Crippen LogP contribution in [-0.4, -0.2) is 31.6 Å². The van der Waals surface area contributed by atoms with E-state index in [1.165, 1.54) is 31.3 Å². The molecule has 8 nitrogen and oxygen atoms in total. The Hall–Kier alpha value is -3.20. The van der Waals surface area contributed by atoms with E-state index in [1.54, 1.807) is 19.1 Å². The Morgan fingerprint density at radius 1 is 1.14 bits per heavy atom. The van der Waals surface area contributed by atoms with Crippen LogP contribution in [0.15, 0.2) is 57.9 Å². The number of aromatic nitrogens is 2. The quantitative estimate of drug-likeness (QED) is 0.585. The van der Waals surface area contributed by atoms with Crippen molar-refractivity contribution in [3.8, 4) is 0 Å². The molecule has 0 N–H and O–H groups in total. The van der Waals surface area contributed by atoms with Crippen LogP contribution in [0.4, 0.5) is 5.69 Å². The van der Waals surface area contributed by atoms with E-state index in [0.717, 1.165) is 9.87 Å². The maximum absolute atomic E-state index is 12.9. The zero-order valence-corrected chi connectivity index (χ0v) is 16.4.